The first kappa shape index (κ1) is 29.7. The predicted octanol–water partition coefficient (Wildman–Crippen LogP) is 13.8. The zero-order valence-electron chi connectivity index (χ0n) is 30.0. The lowest BCUT2D eigenvalue weighted by Crippen LogP contribution is -2.15. The van der Waals surface area contributed by atoms with E-state index < -0.39 is 0 Å². The molecule has 0 bridgehead atoms. The number of hydrogen-bond donors (Lipinski definition) is 0. The fourth-order valence-electron chi connectivity index (χ4n) is 9.69. The van der Waals surface area contributed by atoms with Gasteiger partial charge in [-0.2, -0.15) is 0 Å². The van der Waals surface area contributed by atoms with Crippen LogP contribution in [0.25, 0.3) is 99.2 Å². The fraction of sp³-hybridized carbons (Fsp3) is 0.0588. The minimum atomic E-state index is -0.121. The van der Waals surface area contributed by atoms with Crippen molar-refractivity contribution >= 4 is 65.6 Å². The highest BCUT2D eigenvalue weighted by Gasteiger charge is 2.38. The van der Waals surface area contributed by atoms with Crippen LogP contribution in [0.4, 0.5) is 0 Å². The van der Waals surface area contributed by atoms with Crippen molar-refractivity contribution in [1.82, 2.24) is 9.13 Å². The Morgan fingerprint density at radius 3 is 1.85 bits per heavy atom. The Hall–Kier alpha value is -6.84. The maximum absolute atomic E-state index is 6.40. The molecule has 0 fully saturated rings. The van der Waals surface area contributed by atoms with Crippen LogP contribution < -0.4 is 0 Å². The van der Waals surface area contributed by atoms with E-state index in [2.05, 4.69) is 187 Å². The first-order chi connectivity index (χ1) is 26.5. The lowest BCUT2D eigenvalue weighted by atomic mass is 9.80. The quantitative estimate of drug-likeness (QED) is 0.181. The van der Waals surface area contributed by atoms with Crippen LogP contribution in [0.15, 0.2) is 174 Å². The summed E-state index contributed by atoms with van der Waals surface area (Å²) in [6, 6.07) is 62.1. The van der Waals surface area contributed by atoms with Crippen LogP contribution in [0.3, 0.4) is 0 Å². The fourth-order valence-corrected chi connectivity index (χ4v) is 9.69. The molecule has 0 unspecified atom stereocenters. The summed E-state index contributed by atoms with van der Waals surface area (Å²) < 4.78 is 11.2. The Balaban J connectivity index is 1.13. The summed E-state index contributed by atoms with van der Waals surface area (Å²) in [6.07, 6.45) is 0. The van der Waals surface area contributed by atoms with Crippen molar-refractivity contribution in [3.63, 3.8) is 0 Å². The molecule has 254 valence electrons. The second-order valence-electron chi connectivity index (χ2n) is 15.3. The molecule has 0 saturated heterocycles. The Morgan fingerprint density at radius 2 is 1.04 bits per heavy atom. The molecule has 0 N–H and O–H groups in total. The summed E-state index contributed by atoms with van der Waals surface area (Å²) in [5, 5.41) is 7.35. The van der Waals surface area contributed by atoms with Crippen LogP contribution in [-0.4, -0.2) is 9.13 Å². The van der Waals surface area contributed by atoms with E-state index in [-0.39, 0.29) is 5.41 Å². The van der Waals surface area contributed by atoms with Gasteiger partial charge in [-0.3, -0.25) is 0 Å². The highest BCUT2D eigenvalue weighted by Crippen LogP contribution is 2.53. The number of nitrogens with zero attached hydrogens (tertiary/aromatic N) is 2. The number of furan rings is 1. The molecule has 3 heteroatoms. The van der Waals surface area contributed by atoms with Crippen LogP contribution in [0.2, 0.25) is 0 Å². The molecule has 0 amide bonds. The van der Waals surface area contributed by atoms with Gasteiger partial charge in [-0.15, -0.1) is 0 Å². The van der Waals surface area contributed by atoms with Gasteiger partial charge >= 0.3 is 0 Å². The van der Waals surface area contributed by atoms with Gasteiger partial charge < -0.3 is 13.6 Å². The number of aromatic nitrogens is 2. The van der Waals surface area contributed by atoms with Gasteiger partial charge in [-0.25, -0.2) is 0 Å². The molecular formula is C51H34N2O. The lowest BCUT2D eigenvalue weighted by Gasteiger charge is -2.22. The lowest BCUT2D eigenvalue weighted by molar-refractivity contribution is 0.666. The molecule has 1 aliphatic rings. The SMILES string of the molecule is CC1(C)c2ccccc2-c2ccc3c(c21)c1ccc(-c2ccc4c(c2)c2cc5c(cc2n4-c2ccccc2)oc2ccccc25)cc1n3-c1ccccc1. The monoisotopic (exact) mass is 690 g/mol. The van der Waals surface area contributed by atoms with E-state index >= 15 is 0 Å². The number of para-hydroxylation sites is 3. The van der Waals surface area contributed by atoms with Crippen molar-refractivity contribution in [2.75, 3.05) is 0 Å². The van der Waals surface area contributed by atoms with Crippen LogP contribution in [0.1, 0.15) is 25.0 Å². The molecule has 0 aliphatic heterocycles. The minimum absolute atomic E-state index is 0.121. The Kier molecular flexibility index (Phi) is 5.84. The highest BCUT2D eigenvalue weighted by atomic mass is 16.3. The van der Waals surface area contributed by atoms with Gasteiger partial charge in [0.05, 0.1) is 22.1 Å². The van der Waals surface area contributed by atoms with Gasteiger partial charge in [0.1, 0.15) is 11.2 Å². The molecule has 3 nitrogen and oxygen atoms in total. The summed E-state index contributed by atoms with van der Waals surface area (Å²) in [4.78, 5) is 0. The maximum atomic E-state index is 6.40. The van der Waals surface area contributed by atoms with Crippen LogP contribution in [-0.2, 0) is 5.41 Å². The van der Waals surface area contributed by atoms with E-state index in [1.807, 2.05) is 6.07 Å². The summed E-state index contributed by atoms with van der Waals surface area (Å²) >= 11 is 0. The molecule has 54 heavy (non-hydrogen) atoms. The number of fused-ring (bicyclic) bond motifs is 13. The summed E-state index contributed by atoms with van der Waals surface area (Å²) in [5.74, 6) is 0. The van der Waals surface area contributed by atoms with Gasteiger partial charge in [-0.1, -0.05) is 117 Å². The predicted molar refractivity (Wildman–Crippen MR) is 225 cm³/mol. The largest absolute Gasteiger partial charge is 0.456 e. The molecule has 8 aromatic carbocycles. The van der Waals surface area contributed by atoms with Crippen LogP contribution in [0, 0.1) is 0 Å². The maximum Gasteiger partial charge on any atom is 0.137 e. The molecule has 11 aromatic rings. The molecule has 0 atom stereocenters. The number of rotatable bonds is 3. The van der Waals surface area contributed by atoms with Crippen LogP contribution >= 0.6 is 0 Å². The van der Waals surface area contributed by atoms with Crippen molar-refractivity contribution in [3.8, 4) is 33.6 Å². The molecular weight excluding hydrogens is 657 g/mol. The third kappa shape index (κ3) is 3.91. The topological polar surface area (TPSA) is 23.0 Å². The van der Waals surface area contributed by atoms with Crippen molar-refractivity contribution in [3.05, 3.63) is 181 Å². The first-order valence-corrected chi connectivity index (χ1v) is 18.8. The third-order valence-electron chi connectivity index (χ3n) is 12.1. The molecule has 0 radical (unpaired) electrons. The standard InChI is InChI=1S/C51H34N2O/c1-51(2)42-19-11-9-17-35(42)37-24-26-44-49(50(37)51)38-23-21-32(28-45(38)53(44)34-15-7-4-8-16-34)31-22-25-43-39(27-31)40-29-41-36-18-10-12-20-47(36)54-48(41)30-46(40)52(43)33-13-5-3-6-14-33/h3-30H,1-2H3. The smallest absolute Gasteiger partial charge is 0.137 e. The second kappa shape index (κ2) is 10.6. The van der Waals surface area contributed by atoms with Gasteiger partial charge in [0, 0.05) is 55.2 Å². The number of hydrogen-bond acceptors (Lipinski definition) is 1. The summed E-state index contributed by atoms with van der Waals surface area (Å²) in [6.45, 7) is 4.77. The van der Waals surface area contributed by atoms with Crippen molar-refractivity contribution in [2.45, 2.75) is 19.3 Å². The summed E-state index contributed by atoms with van der Waals surface area (Å²) in [7, 11) is 0. The van der Waals surface area contributed by atoms with E-state index in [0.29, 0.717) is 0 Å². The minimum Gasteiger partial charge on any atom is -0.456 e. The van der Waals surface area contributed by atoms with Gasteiger partial charge in [-0.05, 0) is 94.0 Å². The Morgan fingerprint density at radius 1 is 0.407 bits per heavy atom. The van der Waals surface area contributed by atoms with Crippen LogP contribution in [0.5, 0.6) is 0 Å². The van der Waals surface area contributed by atoms with Crippen molar-refractivity contribution in [1.29, 1.82) is 0 Å². The van der Waals surface area contributed by atoms with E-state index in [9.17, 15) is 0 Å². The molecule has 0 saturated carbocycles. The van der Waals surface area contributed by atoms with Crippen molar-refractivity contribution in [2.24, 2.45) is 0 Å². The Labute approximate surface area is 311 Å². The van der Waals surface area contributed by atoms with Crippen molar-refractivity contribution < 1.29 is 4.42 Å². The average molecular weight is 691 g/mol. The molecule has 3 aromatic heterocycles. The van der Waals surface area contributed by atoms with Gasteiger partial charge in [0.15, 0.2) is 0 Å². The van der Waals surface area contributed by atoms with E-state index in [1.54, 1.807) is 0 Å². The second-order valence-corrected chi connectivity index (χ2v) is 15.3. The molecule has 3 heterocycles. The zero-order valence-corrected chi connectivity index (χ0v) is 30.0. The normalized spacial score (nSPS) is 13.5. The molecule has 0 spiro atoms. The third-order valence-corrected chi connectivity index (χ3v) is 12.1. The zero-order chi connectivity index (χ0) is 35.7. The summed E-state index contributed by atoms with van der Waals surface area (Å²) in [5.41, 5.74) is 16.7. The molecule has 12 rings (SSSR count). The van der Waals surface area contributed by atoms with Gasteiger partial charge in [0.25, 0.3) is 0 Å². The van der Waals surface area contributed by atoms with E-state index in [4.69, 9.17) is 4.42 Å². The van der Waals surface area contributed by atoms with E-state index in [1.165, 1.54) is 77.2 Å². The van der Waals surface area contributed by atoms with Gasteiger partial charge in [0.2, 0.25) is 0 Å². The average Bonchev–Trinajstić information content (AvgIpc) is 3.92. The van der Waals surface area contributed by atoms with E-state index in [0.717, 1.165) is 33.1 Å². The highest BCUT2D eigenvalue weighted by molar-refractivity contribution is 6.19. The number of benzene rings is 8. The molecule has 1 aliphatic carbocycles. The first-order valence-electron chi connectivity index (χ1n) is 18.8. The Bertz CT molecular complexity index is 3340.